The predicted octanol–water partition coefficient (Wildman–Crippen LogP) is 0.648. The molecule has 34 valence electrons. The van der Waals surface area contributed by atoms with Crippen LogP contribution in [-0.4, -0.2) is 11.4 Å². The fourth-order valence-corrected chi connectivity index (χ4v) is 0.305. The van der Waals surface area contributed by atoms with Crippen molar-refractivity contribution in [1.82, 2.24) is 0 Å². The lowest BCUT2D eigenvalue weighted by molar-refractivity contribution is 1.60. The molecule has 0 rings (SSSR count). The second-order valence-corrected chi connectivity index (χ2v) is 2.12. The minimum absolute atomic E-state index is 0.769. The van der Waals surface area contributed by atoms with Gasteiger partial charge in [0.1, 0.15) is 0 Å². The molecule has 0 fully saturated rings. The Hall–Kier alpha value is -0.200. The van der Waals surface area contributed by atoms with Crippen LogP contribution < -0.4 is 5.73 Å². The van der Waals surface area contributed by atoms with Gasteiger partial charge in [0.25, 0.3) is 0 Å². The van der Waals surface area contributed by atoms with Crippen LogP contribution in [0.15, 0.2) is 0 Å². The van der Waals surface area contributed by atoms with Gasteiger partial charge in [-0.05, 0) is 15.1 Å². The summed E-state index contributed by atoms with van der Waals surface area (Å²) in [6, 6.07) is 0. The van der Waals surface area contributed by atoms with Crippen molar-refractivity contribution < 1.29 is 0 Å². The van der Waals surface area contributed by atoms with E-state index in [0.717, 1.165) is 13.6 Å². The number of nitrogens with two attached hydrogens (primary N) is 1. The lowest BCUT2D eigenvalue weighted by Crippen LogP contribution is -2.00. The lowest BCUT2D eigenvalue weighted by Gasteiger charge is -1.75. The molecular formula is C3H7N2P. The van der Waals surface area contributed by atoms with Crippen LogP contribution in [0.4, 0.5) is 0 Å². The molecule has 0 unspecified atom stereocenters. The van der Waals surface area contributed by atoms with Gasteiger partial charge in [-0.1, -0.05) is 0 Å². The summed E-state index contributed by atoms with van der Waals surface area (Å²) in [5.74, 6) is 1.26. The molecule has 0 aromatic heterocycles. The first-order valence-corrected chi connectivity index (χ1v) is 2.52. The molecule has 0 heterocycles. The van der Waals surface area contributed by atoms with E-state index < -0.39 is 0 Å². The summed E-state index contributed by atoms with van der Waals surface area (Å²) in [7, 11) is 0.815. The van der Waals surface area contributed by atoms with Crippen molar-refractivity contribution in [3.05, 3.63) is 0 Å². The van der Waals surface area contributed by atoms with Gasteiger partial charge in [-0.2, -0.15) is 0 Å². The maximum atomic E-state index is 6.49. The Morgan fingerprint density at radius 1 is 2.00 bits per heavy atom. The standard InChI is InChI=1S/C3H7N2P/c1-3(5)6-2-4/h2,4H,5H2,1H3. The Morgan fingerprint density at radius 3 is 2.50 bits per heavy atom. The molecule has 0 aromatic carbocycles. The number of hydrogen-bond acceptors (Lipinski definition) is 1. The van der Waals surface area contributed by atoms with Gasteiger partial charge in [-0.25, -0.2) is 0 Å². The number of rotatable bonds is 1. The van der Waals surface area contributed by atoms with E-state index in [1.807, 2.05) is 0 Å². The van der Waals surface area contributed by atoms with Crippen LogP contribution in [-0.2, 0) is 0 Å². The van der Waals surface area contributed by atoms with E-state index in [-0.39, 0.29) is 0 Å². The molecule has 3 N–H and O–H groups in total. The minimum Gasteiger partial charge on any atom is -0.304 e. The molecule has 0 radical (unpaired) electrons. The summed E-state index contributed by atoms with van der Waals surface area (Å²) in [5.41, 5.74) is 5.92. The summed E-state index contributed by atoms with van der Waals surface area (Å²) in [5, 5.41) is 6.49. The normalized spacial score (nSPS) is 11.3. The van der Waals surface area contributed by atoms with Crippen LogP contribution in [0.5, 0.6) is 0 Å². The second-order valence-electron chi connectivity index (χ2n) is 0.900. The molecule has 0 saturated heterocycles. The highest BCUT2D eigenvalue weighted by Crippen LogP contribution is 1.84. The van der Waals surface area contributed by atoms with E-state index in [1.54, 1.807) is 6.92 Å². The maximum Gasteiger partial charge on any atom is 0.0460 e. The van der Waals surface area contributed by atoms with Gasteiger partial charge in [0, 0.05) is 11.4 Å². The zero-order valence-corrected chi connectivity index (χ0v) is 4.50. The highest BCUT2D eigenvalue weighted by atomic mass is 31.1. The van der Waals surface area contributed by atoms with E-state index in [1.165, 1.54) is 5.96 Å². The zero-order chi connectivity index (χ0) is 4.99. The van der Waals surface area contributed by atoms with E-state index in [2.05, 4.69) is 0 Å². The monoisotopic (exact) mass is 102 g/mol. The summed E-state index contributed by atoms with van der Waals surface area (Å²) < 4.78 is 0. The van der Waals surface area contributed by atoms with Gasteiger partial charge in [0.15, 0.2) is 0 Å². The first-order valence-electron chi connectivity index (χ1n) is 1.56. The molecule has 0 aromatic rings. The van der Waals surface area contributed by atoms with Crippen molar-refractivity contribution in [2.45, 2.75) is 6.92 Å². The molecule has 0 amide bonds. The quantitative estimate of drug-likeness (QED) is 0.370. The number of nitrogens with one attached hydrogen (secondary N) is 1. The molecular weight excluding hydrogens is 95.0 g/mol. The van der Waals surface area contributed by atoms with Gasteiger partial charge in [0.05, 0.1) is 0 Å². The topological polar surface area (TPSA) is 49.9 Å². The van der Waals surface area contributed by atoms with Gasteiger partial charge >= 0.3 is 0 Å². The predicted molar refractivity (Wildman–Crippen MR) is 30.6 cm³/mol. The Labute approximate surface area is 38.7 Å². The van der Waals surface area contributed by atoms with Crippen LogP contribution in [0, 0.1) is 5.41 Å². The van der Waals surface area contributed by atoms with Gasteiger partial charge in [-0.15, -0.1) is 0 Å². The third-order valence-corrected chi connectivity index (χ3v) is 0.805. The molecule has 0 saturated carbocycles. The smallest absolute Gasteiger partial charge is 0.0460 e. The maximum absolute atomic E-state index is 6.49. The highest BCUT2D eigenvalue weighted by Gasteiger charge is 1.65. The van der Waals surface area contributed by atoms with Crippen LogP contribution in [0.25, 0.3) is 0 Å². The van der Waals surface area contributed by atoms with E-state index >= 15 is 0 Å². The highest BCUT2D eigenvalue weighted by molar-refractivity contribution is 7.56. The number of hydrogen-bond donors (Lipinski definition) is 2. The van der Waals surface area contributed by atoms with Gasteiger partial charge < -0.3 is 11.1 Å². The van der Waals surface area contributed by atoms with Gasteiger partial charge in [0.2, 0.25) is 0 Å². The second kappa shape index (κ2) is 3.01. The Kier molecular flexibility index (Phi) is 2.91. The summed E-state index contributed by atoms with van der Waals surface area (Å²) in [6.07, 6.45) is 0. The van der Waals surface area contributed by atoms with Crippen molar-refractivity contribution in [1.29, 1.82) is 5.41 Å². The van der Waals surface area contributed by atoms with Gasteiger partial charge in [-0.3, -0.25) is 0 Å². The summed E-state index contributed by atoms with van der Waals surface area (Å²) in [4.78, 5) is 0. The van der Waals surface area contributed by atoms with Crippen molar-refractivity contribution in [2.24, 2.45) is 5.73 Å². The molecule has 0 aliphatic heterocycles. The SMILES string of the molecule is C/C(N)=P/C=N. The molecule has 0 bridgehead atoms. The van der Waals surface area contributed by atoms with Crippen LogP contribution >= 0.6 is 8.20 Å². The average molecular weight is 102 g/mol. The summed E-state index contributed by atoms with van der Waals surface area (Å²) in [6.45, 7) is 1.78. The Balaban J connectivity index is 3.41. The third kappa shape index (κ3) is 3.80. The minimum atomic E-state index is 0.769. The molecule has 0 spiro atoms. The molecule has 6 heavy (non-hydrogen) atoms. The molecule has 0 atom stereocenters. The lowest BCUT2D eigenvalue weighted by atomic mass is 10.8. The largest absolute Gasteiger partial charge is 0.304 e. The van der Waals surface area contributed by atoms with Crippen molar-refractivity contribution in [2.75, 3.05) is 0 Å². The first-order chi connectivity index (χ1) is 2.77. The molecule has 0 aliphatic rings. The van der Waals surface area contributed by atoms with E-state index in [9.17, 15) is 0 Å². The fourth-order valence-electron chi connectivity index (χ4n) is 0.102. The van der Waals surface area contributed by atoms with Crippen LogP contribution in [0.1, 0.15) is 6.92 Å². The van der Waals surface area contributed by atoms with Crippen molar-refractivity contribution in [3.63, 3.8) is 0 Å². The zero-order valence-electron chi connectivity index (χ0n) is 3.60. The molecule has 0 aliphatic carbocycles. The van der Waals surface area contributed by atoms with E-state index in [0.29, 0.717) is 0 Å². The third-order valence-electron chi connectivity index (χ3n) is 0.268. The molecule has 3 heteroatoms. The fraction of sp³-hybridized carbons (Fsp3) is 0.333. The van der Waals surface area contributed by atoms with Crippen molar-refractivity contribution >= 4 is 19.6 Å². The Morgan fingerprint density at radius 2 is 2.50 bits per heavy atom. The first kappa shape index (κ1) is 5.80. The van der Waals surface area contributed by atoms with Crippen molar-refractivity contribution in [3.8, 4) is 0 Å². The summed E-state index contributed by atoms with van der Waals surface area (Å²) >= 11 is 0. The van der Waals surface area contributed by atoms with Crippen LogP contribution in [0.3, 0.4) is 0 Å². The van der Waals surface area contributed by atoms with Crippen LogP contribution in [0.2, 0.25) is 0 Å². The molecule has 2 nitrogen and oxygen atoms in total. The van der Waals surface area contributed by atoms with E-state index in [4.69, 9.17) is 11.1 Å². The Bertz CT molecular complexity index is 72.9. The average Bonchev–Trinajstić information content (AvgIpc) is 1.35.